The molecule has 2 heteroatoms. The standard InChI is InChI=1S/C16H24N2/c1-17-11-9-16(10-12-17)18(13-14-7-8-14)15-5-3-2-4-6-15/h2-6,14,16H,7-13H2,1H3. The zero-order chi connectivity index (χ0) is 12.4. The van der Waals surface area contributed by atoms with Crippen molar-refractivity contribution in [3.63, 3.8) is 0 Å². The molecule has 0 bridgehead atoms. The molecule has 3 rings (SSSR count). The lowest BCUT2D eigenvalue weighted by Crippen LogP contribution is -2.44. The molecular formula is C16H24N2. The minimum Gasteiger partial charge on any atom is -0.368 e. The van der Waals surface area contributed by atoms with E-state index in [2.05, 4.69) is 47.2 Å². The molecule has 1 aliphatic heterocycles. The Morgan fingerprint density at radius 2 is 1.72 bits per heavy atom. The molecule has 98 valence electrons. The summed E-state index contributed by atoms with van der Waals surface area (Å²) in [5.41, 5.74) is 1.43. The molecule has 0 spiro atoms. The first-order chi connectivity index (χ1) is 8.83. The fourth-order valence-electron chi connectivity index (χ4n) is 2.97. The highest BCUT2D eigenvalue weighted by atomic mass is 15.2. The third-order valence-corrected chi connectivity index (χ3v) is 4.37. The Morgan fingerprint density at radius 3 is 2.33 bits per heavy atom. The second kappa shape index (κ2) is 5.31. The predicted molar refractivity (Wildman–Crippen MR) is 77.0 cm³/mol. The van der Waals surface area contributed by atoms with Gasteiger partial charge in [-0.2, -0.15) is 0 Å². The Kier molecular flexibility index (Phi) is 3.55. The van der Waals surface area contributed by atoms with Gasteiger partial charge in [0.1, 0.15) is 0 Å². The number of anilines is 1. The summed E-state index contributed by atoms with van der Waals surface area (Å²) in [5, 5.41) is 0. The van der Waals surface area contributed by atoms with Crippen LogP contribution in [0.5, 0.6) is 0 Å². The van der Waals surface area contributed by atoms with E-state index in [1.165, 1.54) is 51.0 Å². The first-order valence-electron chi connectivity index (χ1n) is 7.33. The Bertz CT molecular complexity index is 364. The summed E-state index contributed by atoms with van der Waals surface area (Å²) >= 11 is 0. The molecule has 18 heavy (non-hydrogen) atoms. The van der Waals surface area contributed by atoms with Gasteiger partial charge in [-0.15, -0.1) is 0 Å². The number of benzene rings is 1. The van der Waals surface area contributed by atoms with Gasteiger partial charge >= 0.3 is 0 Å². The van der Waals surface area contributed by atoms with E-state index >= 15 is 0 Å². The highest BCUT2D eigenvalue weighted by Gasteiger charge is 2.29. The van der Waals surface area contributed by atoms with Crippen LogP contribution in [0.3, 0.4) is 0 Å². The summed E-state index contributed by atoms with van der Waals surface area (Å²) in [7, 11) is 2.24. The van der Waals surface area contributed by atoms with Gasteiger partial charge in [0.15, 0.2) is 0 Å². The van der Waals surface area contributed by atoms with Crippen LogP contribution in [0.1, 0.15) is 25.7 Å². The van der Waals surface area contributed by atoms with Crippen LogP contribution < -0.4 is 4.90 Å². The summed E-state index contributed by atoms with van der Waals surface area (Å²) in [5.74, 6) is 0.963. The van der Waals surface area contributed by atoms with E-state index in [1.807, 2.05) is 0 Å². The SMILES string of the molecule is CN1CCC(N(CC2CC2)c2ccccc2)CC1. The number of piperidine rings is 1. The van der Waals surface area contributed by atoms with E-state index in [-0.39, 0.29) is 0 Å². The van der Waals surface area contributed by atoms with Crippen molar-refractivity contribution in [2.24, 2.45) is 5.92 Å². The van der Waals surface area contributed by atoms with Gasteiger partial charge in [0.2, 0.25) is 0 Å². The average Bonchev–Trinajstić information content (AvgIpc) is 3.22. The minimum atomic E-state index is 0.754. The van der Waals surface area contributed by atoms with Crippen molar-refractivity contribution in [2.75, 3.05) is 31.6 Å². The van der Waals surface area contributed by atoms with Crippen LogP contribution >= 0.6 is 0 Å². The molecule has 0 N–H and O–H groups in total. The Hall–Kier alpha value is -1.02. The van der Waals surface area contributed by atoms with Gasteiger partial charge in [-0.1, -0.05) is 18.2 Å². The van der Waals surface area contributed by atoms with E-state index in [0.29, 0.717) is 0 Å². The topological polar surface area (TPSA) is 6.48 Å². The van der Waals surface area contributed by atoms with Crippen molar-refractivity contribution in [3.8, 4) is 0 Å². The zero-order valence-electron chi connectivity index (χ0n) is 11.4. The van der Waals surface area contributed by atoms with Gasteiger partial charge < -0.3 is 9.80 Å². The molecule has 0 aromatic heterocycles. The molecule has 1 aliphatic carbocycles. The number of hydrogen-bond donors (Lipinski definition) is 0. The molecule has 0 atom stereocenters. The molecule has 1 saturated carbocycles. The summed E-state index contributed by atoms with van der Waals surface area (Å²) < 4.78 is 0. The van der Waals surface area contributed by atoms with Crippen molar-refractivity contribution >= 4 is 5.69 Å². The molecule has 2 nitrogen and oxygen atoms in total. The van der Waals surface area contributed by atoms with Crippen molar-refractivity contribution in [1.29, 1.82) is 0 Å². The fraction of sp³-hybridized carbons (Fsp3) is 0.625. The van der Waals surface area contributed by atoms with Crippen LogP contribution in [-0.2, 0) is 0 Å². The lowest BCUT2D eigenvalue weighted by Gasteiger charge is -2.39. The highest BCUT2D eigenvalue weighted by Crippen LogP contribution is 2.33. The Balaban J connectivity index is 1.72. The lowest BCUT2D eigenvalue weighted by molar-refractivity contribution is 0.249. The second-order valence-electron chi connectivity index (χ2n) is 5.97. The maximum absolute atomic E-state index is 2.69. The van der Waals surface area contributed by atoms with Crippen molar-refractivity contribution < 1.29 is 0 Å². The molecular weight excluding hydrogens is 220 g/mol. The van der Waals surface area contributed by atoms with Crippen molar-refractivity contribution in [3.05, 3.63) is 30.3 Å². The fourth-order valence-corrected chi connectivity index (χ4v) is 2.97. The molecule has 0 amide bonds. The van der Waals surface area contributed by atoms with Crippen LogP contribution in [0.25, 0.3) is 0 Å². The van der Waals surface area contributed by atoms with Crippen LogP contribution in [0.4, 0.5) is 5.69 Å². The third kappa shape index (κ3) is 2.86. The molecule has 2 aliphatic rings. The predicted octanol–water partition coefficient (Wildman–Crippen LogP) is 3.00. The van der Waals surface area contributed by atoms with Gasteiger partial charge in [0, 0.05) is 18.3 Å². The van der Waals surface area contributed by atoms with E-state index in [1.54, 1.807) is 0 Å². The number of nitrogens with zero attached hydrogens (tertiary/aromatic N) is 2. The summed E-state index contributed by atoms with van der Waals surface area (Å²) in [6.45, 7) is 3.77. The molecule has 2 fully saturated rings. The summed E-state index contributed by atoms with van der Waals surface area (Å²) in [4.78, 5) is 5.14. The molecule has 1 heterocycles. The molecule has 1 aromatic rings. The van der Waals surface area contributed by atoms with Gasteiger partial charge in [-0.05, 0) is 63.9 Å². The largest absolute Gasteiger partial charge is 0.368 e. The number of hydrogen-bond acceptors (Lipinski definition) is 2. The van der Waals surface area contributed by atoms with Gasteiger partial charge in [-0.3, -0.25) is 0 Å². The normalized spacial score (nSPS) is 22.1. The van der Waals surface area contributed by atoms with E-state index < -0.39 is 0 Å². The van der Waals surface area contributed by atoms with Crippen molar-refractivity contribution in [1.82, 2.24) is 4.90 Å². The second-order valence-corrected chi connectivity index (χ2v) is 5.97. The van der Waals surface area contributed by atoms with Crippen molar-refractivity contribution in [2.45, 2.75) is 31.7 Å². The summed E-state index contributed by atoms with van der Waals surface area (Å²) in [6, 6.07) is 11.8. The maximum atomic E-state index is 2.69. The zero-order valence-corrected chi connectivity index (χ0v) is 11.4. The Morgan fingerprint density at radius 1 is 1.06 bits per heavy atom. The lowest BCUT2D eigenvalue weighted by atomic mass is 10.0. The van der Waals surface area contributed by atoms with Gasteiger partial charge in [0.25, 0.3) is 0 Å². The van der Waals surface area contributed by atoms with Crippen LogP contribution in [0.15, 0.2) is 30.3 Å². The van der Waals surface area contributed by atoms with Crippen LogP contribution in [-0.4, -0.2) is 37.6 Å². The van der Waals surface area contributed by atoms with E-state index in [9.17, 15) is 0 Å². The maximum Gasteiger partial charge on any atom is 0.0368 e. The number of likely N-dealkylation sites (tertiary alicyclic amines) is 1. The van der Waals surface area contributed by atoms with Crippen LogP contribution in [0.2, 0.25) is 0 Å². The molecule has 0 unspecified atom stereocenters. The van der Waals surface area contributed by atoms with Crippen LogP contribution in [0, 0.1) is 5.92 Å². The smallest absolute Gasteiger partial charge is 0.0368 e. The van der Waals surface area contributed by atoms with Gasteiger partial charge in [0.05, 0.1) is 0 Å². The summed E-state index contributed by atoms with van der Waals surface area (Å²) in [6.07, 6.45) is 5.52. The van der Waals surface area contributed by atoms with E-state index in [4.69, 9.17) is 0 Å². The van der Waals surface area contributed by atoms with Gasteiger partial charge in [-0.25, -0.2) is 0 Å². The third-order valence-electron chi connectivity index (χ3n) is 4.37. The molecule has 0 radical (unpaired) electrons. The molecule has 1 aromatic carbocycles. The first kappa shape index (κ1) is 12.0. The monoisotopic (exact) mass is 244 g/mol. The first-order valence-corrected chi connectivity index (χ1v) is 7.33. The average molecular weight is 244 g/mol. The quantitative estimate of drug-likeness (QED) is 0.803. The minimum absolute atomic E-state index is 0.754. The van der Waals surface area contributed by atoms with E-state index in [0.717, 1.165) is 12.0 Å². The number of para-hydroxylation sites is 1. The highest BCUT2D eigenvalue weighted by molar-refractivity contribution is 5.47. The molecule has 1 saturated heterocycles. The number of rotatable bonds is 4. The Labute approximate surface area is 111 Å².